The van der Waals surface area contributed by atoms with Gasteiger partial charge in [-0.15, -0.1) is 0 Å². The van der Waals surface area contributed by atoms with Gasteiger partial charge in [-0.25, -0.2) is 15.0 Å². The van der Waals surface area contributed by atoms with Crippen LogP contribution in [0.15, 0.2) is 149 Å². The molecule has 94 heavy (non-hydrogen) atoms. The van der Waals surface area contributed by atoms with E-state index in [0.717, 1.165) is 208 Å². The van der Waals surface area contributed by atoms with Crippen molar-refractivity contribution in [2.45, 2.75) is 103 Å². The molecule has 6 aliphatic rings. The van der Waals surface area contributed by atoms with Gasteiger partial charge in [0.1, 0.15) is 16.8 Å². The van der Waals surface area contributed by atoms with Crippen molar-refractivity contribution in [3.63, 3.8) is 0 Å². The van der Waals surface area contributed by atoms with Crippen LogP contribution in [0.4, 0.5) is 11.6 Å². The number of rotatable bonds is 7. The topological polar surface area (TPSA) is 252 Å². The lowest BCUT2D eigenvalue weighted by Crippen LogP contribution is -2.53. The Morgan fingerprint density at radius 2 is 0.894 bits per heavy atom. The van der Waals surface area contributed by atoms with Gasteiger partial charge in [-0.3, -0.25) is 29.3 Å². The van der Waals surface area contributed by atoms with E-state index in [9.17, 15) is 14.4 Å². The smallest absolute Gasteiger partial charge is 0.258 e. The number of nitrogens with zero attached hydrogens (tertiary/aromatic N) is 13. The average molecular weight is 1350 g/mol. The van der Waals surface area contributed by atoms with Crippen LogP contribution in [-0.4, -0.2) is 132 Å². The number of halogens is 2. The lowest BCUT2D eigenvalue weighted by Gasteiger charge is -2.46. The number of amides is 3. The van der Waals surface area contributed by atoms with Crippen LogP contribution >= 0.6 is 27.5 Å². The second kappa shape index (κ2) is 30.0. The molecule has 0 radical (unpaired) electrons. The molecule has 6 fully saturated rings. The van der Waals surface area contributed by atoms with E-state index >= 15 is 0 Å². The lowest BCUT2D eigenvalue weighted by atomic mass is 9.71. The Balaban J connectivity index is 0.000000122. The van der Waals surface area contributed by atoms with Gasteiger partial charge in [-0.05, 0) is 164 Å². The summed E-state index contributed by atoms with van der Waals surface area (Å²) in [5.41, 5.74) is 8.99. The maximum Gasteiger partial charge on any atom is 0.258 e. The monoisotopic (exact) mass is 1350 g/mol. The highest BCUT2D eigenvalue weighted by Crippen LogP contribution is 2.43. The van der Waals surface area contributed by atoms with Crippen molar-refractivity contribution in [1.82, 2.24) is 71.0 Å². The van der Waals surface area contributed by atoms with E-state index in [2.05, 4.69) is 81.9 Å². The maximum absolute atomic E-state index is 13.8. The standard InChI is InChI=1S/C27H28N6O2.C17H20N4O.C10H9BrN2O.C9H16N2O.C8H5ClN2/c1-19-29-25(35-31-19)21-8-3-2-7-20(21)18-33-14-6-11-27(26(33)34)12-15-32(16-13-27)24-17-28-22-9-4-5-10-23(22)30-24;22-16-17(6-3-9-18-16)7-10-21(11-8-17)15-12-19-13-4-1-2-5-14(13)20-15;1-7-12-10(14-13-7)9-5-3-2-4-8(9)6-11;12-8-9(2-1-5-11-8)3-6-10-7-4-9;9-8-5-10-6-3-1-2-4-7(6)11-8/h2-5,7-10,17H,6,11-16,18H2,1H3;1-2,4-5,12H,3,6-11H2,(H,18,22);2-5H,6H2,1H3;10H,1-7H2,(H,11,12);1-5H. The minimum atomic E-state index is -0.297. The summed E-state index contributed by atoms with van der Waals surface area (Å²) < 4.78 is 10.5. The molecule has 16 rings (SSSR count). The van der Waals surface area contributed by atoms with Crippen molar-refractivity contribution < 1.29 is 23.4 Å². The number of carbonyl (C=O) groups is 3. The van der Waals surface area contributed by atoms with Crippen LogP contribution < -0.4 is 25.8 Å². The molecule has 3 spiro atoms. The summed E-state index contributed by atoms with van der Waals surface area (Å²) in [6.45, 7) is 12.0. The number of likely N-dealkylation sites (tertiary alicyclic amines) is 1. The molecule has 0 saturated carbocycles. The number of piperidine rings is 6. The van der Waals surface area contributed by atoms with E-state index in [1.54, 1.807) is 6.20 Å². The summed E-state index contributed by atoms with van der Waals surface area (Å²) in [6.07, 6.45) is 17.1. The molecule has 486 valence electrons. The molecule has 0 aliphatic carbocycles. The van der Waals surface area contributed by atoms with Gasteiger partial charge < -0.3 is 39.7 Å². The molecule has 11 heterocycles. The highest BCUT2D eigenvalue weighted by Gasteiger charge is 2.47. The quantitative estimate of drug-likeness (QED) is 0.125. The minimum Gasteiger partial charge on any atom is -0.356 e. The second-order valence-corrected chi connectivity index (χ2v) is 25.9. The van der Waals surface area contributed by atoms with E-state index in [1.807, 2.05) is 152 Å². The van der Waals surface area contributed by atoms with E-state index in [0.29, 0.717) is 41.0 Å². The highest BCUT2D eigenvalue weighted by atomic mass is 79.9. The normalized spacial score (nSPS) is 18.0. The number of aryl methyl sites for hydroxylation is 2. The Hall–Kier alpha value is -8.86. The largest absolute Gasteiger partial charge is 0.356 e. The molecular weight excluding hydrogens is 1270 g/mol. The van der Waals surface area contributed by atoms with E-state index in [4.69, 9.17) is 30.6 Å². The van der Waals surface area contributed by atoms with Crippen LogP contribution in [-0.2, 0) is 26.3 Å². The molecule has 0 atom stereocenters. The molecule has 5 aromatic heterocycles. The van der Waals surface area contributed by atoms with Crippen LogP contribution in [0.5, 0.6) is 0 Å². The zero-order valence-corrected chi connectivity index (χ0v) is 55.5. The molecule has 0 unspecified atom stereocenters. The van der Waals surface area contributed by atoms with Gasteiger partial charge in [0.2, 0.25) is 17.7 Å². The first-order valence-electron chi connectivity index (χ1n) is 32.6. The summed E-state index contributed by atoms with van der Waals surface area (Å²) in [7, 11) is 0. The van der Waals surface area contributed by atoms with Crippen LogP contribution in [0.2, 0.25) is 5.15 Å². The molecule has 0 bridgehead atoms. The number of anilines is 2. The Morgan fingerprint density at radius 1 is 0.468 bits per heavy atom. The summed E-state index contributed by atoms with van der Waals surface area (Å²) in [5.74, 6) is 4.98. The minimum absolute atomic E-state index is 0.00347. The van der Waals surface area contributed by atoms with E-state index in [-0.39, 0.29) is 28.1 Å². The third kappa shape index (κ3) is 15.2. The van der Waals surface area contributed by atoms with E-state index in [1.165, 1.54) is 0 Å². The van der Waals surface area contributed by atoms with Crippen molar-refractivity contribution in [2.75, 3.05) is 68.7 Å². The first-order valence-corrected chi connectivity index (χ1v) is 34.1. The zero-order chi connectivity index (χ0) is 64.9. The lowest BCUT2D eigenvalue weighted by molar-refractivity contribution is -0.148. The molecule has 3 N–H and O–H groups in total. The fourth-order valence-electron chi connectivity index (χ4n) is 13.7. The molecule has 23 heteroatoms. The Labute approximate surface area is 559 Å². The number of hydrogen-bond donors (Lipinski definition) is 3. The number of fused-ring (bicyclic) bond motifs is 3. The molecule has 6 saturated heterocycles. The summed E-state index contributed by atoms with van der Waals surface area (Å²) in [6, 6.07) is 39.4. The van der Waals surface area contributed by atoms with Gasteiger partial charge in [-0.1, -0.05) is 111 Å². The summed E-state index contributed by atoms with van der Waals surface area (Å²) in [4.78, 5) is 79.6. The molecule has 10 aromatic rings. The predicted octanol–water partition coefficient (Wildman–Crippen LogP) is 12.0. The molecule has 6 aliphatic heterocycles. The van der Waals surface area contributed by atoms with Crippen LogP contribution in [0.25, 0.3) is 56.0 Å². The van der Waals surface area contributed by atoms with Gasteiger partial charge >= 0.3 is 0 Å². The number of para-hydroxylation sites is 6. The number of carbonyl (C=O) groups excluding carboxylic acids is 3. The number of hydrogen-bond acceptors (Lipinski definition) is 18. The first-order chi connectivity index (χ1) is 45.9. The third-order valence-electron chi connectivity index (χ3n) is 19.0. The first kappa shape index (κ1) is 65.2. The van der Waals surface area contributed by atoms with Gasteiger partial charge in [0.15, 0.2) is 11.6 Å². The van der Waals surface area contributed by atoms with Crippen molar-refractivity contribution >= 4 is 90.0 Å². The Kier molecular flexibility index (Phi) is 20.8. The summed E-state index contributed by atoms with van der Waals surface area (Å²) in [5, 5.41) is 18.2. The van der Waals surface area contributed by atoms with Gasteiger partial charge in [0, 0.05) is 68.8 Å². The van der Waals surface area contributed by atoms with Crippen molar-refractivity contribution in [3.05, 3.63) is 168 Å². The maximum atomic E-state index is 13.8. The highest BCUT2D eigenvalue weighted by molar-refractivity contribution is 9.08. The van der Waals surface area contributed by atoms with Crippen LogP contribution in [0.3, 0.4) is 0 Å². The van der Waals surface area contributed by atoms with Crippen molar-refractivity contribution in [1.29, 1.82) is 0 Å². The van der Waals surface area contributed by atoms with Crippen LogP contribution in [0.1, 0.15) is 99.8 Å². The van der Waals surface area contributed by atoms with Crippen molar-refractivity contribution in [2.24, 2.45) is 16.2 Å². The molecule has 3 amide bonds. The summed E-state index contributed by atoms with van der Waals surface area (Å²) >= 11 is 9.07. The van der Waals surface area contributed by atoms with Gasteiger partial charge in [0.05, 0.1) is 67.9 Å². The van der Waals surface area contributed by atoms with Gasteiger partial charge in [-0.2, -0.15) is 9.97 Å². The second-order valence-electron chi connectivity index (χ2n) is 25.0. The van der Waals surface area contributed by atoms with Gasteiger partial charge in [0.25, 0.3) is 11.8 Å². The van der Waals surface area contributed by atoms with E-state index < -0.39 is 0 Å². The van der Waals surface area contributed by atoms with Crippen LogP contribution in [0, 0.1) is 30.1 Å². The molecule has 5 aromatic carbocycles. The predicted molar refractivity (Wildman–Crippen MR) is 367 cm³/mol. The average Bonchev–Trinajstić information content (AvgIpc) is 1.00. The fourth-order valence-corrected chi connectivity index (χ4v) is 14.3. The number of nitrogens with one attached hydrogen (secondary N) is 3. The Morgan fingerprint density at radius 3 is 1.38 bits per heavy atom. The molecular formula is C71H78BrClN16O5. The fraction of sp³-hybridized carbons (Fsp3) is 0.394. The Bertz CT molecular complexity index is 4230. The number of aromatic nitrogens is 10. The van der Waals surface area contributed by atoms with Crippen molar-refractivity contribution in [3.8, 4) is 22.9 Å². The third-order valence-corrected chi connectivity index (χ3v) is 19.8. The molecule has 21 nitrogen and oxygen atoms in total. The SMILES string of the molecule is Cc1noc(-c2ccccc2CBr)n1.Cc1noc(-c2ccccc2CN2CCCC3(CCN(c4cnc5ccccc5n4)CC3)C2=O)n1.Clc1cnc2ccccc2n1.O=C1NCCCC12CCN(c1cnc3ccccc3n1)CC2.O=C1NCCCC12CCNCC2. The zero-order valence-electron chi connectivity index (χ0n) is 53.2. The number of alkyl halides is 1. The number of benzene rings is 5.